The zero-order valence-corrected chi connectivity index (χ0v) is 27.3. The SMILES string of the molecule is c1ccc(-c2ccc(-c3nc(-c4ccccc4)nc(-c4cc(-c5ccccc5)cc(-c5cccc6sc7ccccc7c56)c4)n3)cc2)cc1. The number of thiophene rings is 1. The molecule has 0 fully saturated rings. The van der Waals surface area contributed by atoms with Crippen LogP contribution in [0.1, 0.15) is 0 Å². The number of nitrogens with zero attached hydrogens (tertiary/aromatic N) is 3. The lowest BCUT2D eigenvalue weighted by atomic mass is 9.93. The van der Waals surface area contributed by atoms with Crippen LogP contribution in [0, 0.1) is 0 Å². The molecule has 0 bridgehead atoms. The Morgan fingerprint density at radius 3 is 1.43 bits per heavy atom. The van der Waals surface area contributed by atoms with Gasteiger partial charge in [0.1, 0.15) is 0 Å². The van der Waals surface area contributed by atoms with Crippen molar-refractivity contribution >= 4 is 31.5 Å². The summed E-state index contributed by atoms with van der Waals surface area (Å²) in [6.45, 7) is 0. The highest BCUT2D eigenvalue weighted by Gasteiger charge is 2.17. The lowest BCUT2D eigenvalue weighted by Gasteiger charge is -2.13. The Labute approximate surface area is 288 Å². The highest BCUT2D eigenvalue weighted by atomic mass is 32.1. The van der Waals surface area contributed by atoms with E-state index in [-0.39, 0.29) is 0 Å². The summed E-state index contributed by atoms with van der Waals surface area (Å²) in [5.74, 6) is 1.92. The largest absolute Gasteiger partial charge is 0.208 e. The summed E-state index contributed by atoms with van der Waals surface area (Å²) >= 11 is 1.84. The van der Waals surface area contributed by atoms with Gasteiger partial charge in [0.2, 0.25) is 0 Å². The first kappa shape index (κ1) is 29.0. The van der Waals surface area contributed by atoms with E-state index in [9.17, 15) is 0 Å². The van der Waals surface area contributed by atoms with Crippen molar-refractivity contribution in [2.45, 2.75) is 0 Å². The van der Waals surface area contributed by atoms with Crippen LogP contribution in [-0.2, 0) is 0 Å². The minimum absolute atomic E-state index is 0.636. The quantitative estimate of drug-likeness (QED) is 0.181. The van der Waals surface area contributed by atoms with Crippen molar-refractivity contribution in [2.24, 2.45) is 0 Å². The molecule has 0 N–H and O–H groups in total. The zero-order valence-electron chi connectivity index (χ0n) is 26.5. The predicted octanol–water partition coefficient (Wildman–Crippen LogP) is 12.2. The highest BCUT2D eigenvalue weighted by molar-refractivity contribution is 7.25. The molecule has 0 aliphatic carbocycles. The van der Waals surface area contributed by atoms with E-state index in [1.807, 2.05) is 35.6 Å². The first-order valence-electron chi connectivity index (χ1n) is 16.4. The van der Waals surface area contributed by atoms with Crippen LogP contribution in [0.4, 0.5) is 0 Å². The summed E-state index contributed by atoms with van der Waals surface area (Å²) in [4.78, 5) is 15.3. The number of benzene rings is 7. The monoisotopic (exact) mass is 643 g/mol. The van der Waals surface area contributed by atoms with Crippen LogP contribution in [0.25, 0.3) is 87.7 Å². The molecule has 0 amide bonds. The van der Waals surface area contributed by atoms with Gasteiger partial charge in [-0.05, 0) is 63.7 Å². The summed E-state index contributed by atoms with van der Waals surface area (Å²) in [5.41, 5.74) is 9.73. The fraction of sp³-hybridized carbons (Fsp3) is 0. The normalized spacial score (nSPS) is 11.3. The van der Waals surface area contributed by atoms with E-state index in [0.717, 1.165) is 38.9 Å². The van der Waals surface area contributed by atoms with Crippen LogP contribution in [0.15, 0.2) is 176 Å². The molecule has 0 atom stereocenters. The minimum atomic E-state index is 0.636. The smallest absolute Gasteiger partial charge is 0.164 e. The molecule has 3 nitrogen and oxygen atoms in total. The van der Waals surface area contributed by atoms with Crippen molar-refractivity contribution < 1.29 is 0 Å². The predicted molar refractivity (Wildman–Crippen MR) is 205 cm³/mol. The molecule has 230 valence electrons. The molecule has 9 rings (SSSR count). The second kappa shape index (κ2) is 12.4. The van der Waals surface area contributed by atoms with Crippen molar-refractivity contribution in [1.29, 1.82) is 0 Å². The van der Waals surface area contributed by atoms with Crippen molar-refractivity contribution in [3.05, 3.63) is 176 Å². The summed E-state index contributed by atoms with van der Waals surface area (Å²) in [5, 5.41) is 2.55. The molecule has 0 spiro atoms. The molecule has 0 aliphatic rings. The Hall–Kier alpha value is -6.23. The van der Waals surface area contributed by atoms with Gasteiger partial charge in [-0.1, -0.05) is 146 Å². The molecule has 4 heteroatoms. The van der Waals surface area contributed by atoms with Crippen molar-refractivity contribution in [2.75, 3.05) is 0 Å². The van der Waals surface area contributed by atoms with E-state index in [1.54, 1.807) is 0 Å². The fourth-order valence-corrected chi connectivity index (χ4v) is 7.65. The van der Waals surface area contributed by atoms with E-state index >= 15 is 0 Å². The maximum atomic E-state index is 5.15. The molecular formula is C45H29N3S. The summed E-state index contributed by atoms with van der Waals surface area (Å²) in [6, 6.07) is 61.6. The topological polar surface area (TPSA) is 38.7 Å². The number of aromatic nitrogens is 3. The standard InChI is InChI=1S/C45H29N3S/c1-4-13-30(14-5-1)32-23-25-34(26-24-32)44-46-43(33-17-8-3-9-18-33)47-45(48-44)37-28-35(31-15-6-2-7-16-31)27-36(29-37)38-20-12-22-41-42(38)39-19-10-11-21-40(39)49-41/h1-29H. The summed E-state index contributed by atoms with van der Waals surface area (Å²) < 4.78 is 2.57. The zero-order chi connectivity index (χ0) is 32.6. The van der Waals surface area contributed by atoms with Crippen LogP contribution >= 0.6 is 11.3 Å². The average molecular weight is 644 g/mol. The third-order valence-corrected chi connectivity index (χ3v) is 10.1. The Kier molecular flexibility index (Phi) is 7.34. The maximum absolute atomic E-state index is 5.15. The summed E-state index contributed by atoms with van der Waals surface area (Å²) in [6.07, 6.45) is 0. The third-order valence-electron chi connectivity index (χ3n) is 8.93. The van der Waals surface area contributed by atoms with Gasteiger partial charge >= 0.3 is 0 Å². The Morgan fingerprint density at radius 2 is 0.755 bits per heavy atom. The maximum Gasteiger partial charge on any atom is 0.164 e. The van der Waals surface area contributed by atoms with Crippen LogP contribution < -0.4 is 0 Å². The van der Waals surface area contributed by atoms with Gasteiger partial charge in [-0.25, -0.2) is 15.0 Å². The van der Waals surface area contributed by atoms with Gasteiger partial charge in [-0.15, -0.1) is 11.3 Å². The fourth-order valence-electron chi connectivity index (χ4n) is 6.52. The van der Waals surface area contributed by atoms with Crippen LogP contribution in [0.2, 0.25) is 0 Å². The molecule has 0 radical (unpaired) electrons. The van der Waals surface area contributed by atoms with Crippen LogP contribution in [0.5, 0.6) is 0 Å². The molecule has 0 saturated carbocycles. The van der Waals surface area contributed by atoms with Crippen molar-refractivity contribution in [3.63, 3.8) is 0 Å². The van der Waals surface area contributed by atoms with Gasteiger partial charge in [-0.2, -0.15) is 0 Å². The average Bonchev–Trinajstić information content (AvgIpc) is 3.58. The molecule has 2 heterocycles. The molecular weight excluding hydrogens is 615 g/mol. The first-order chi connectivity index (χ1) is 24.3. The van der Waals surface area contributed by atoms with Crippen LogP contribution in [0.3, 0.4) is 0 Å². The molecule has 0 aliphatic heterocycles. The van der Waals surface area contributed by atoms with Gasteiger partial charge < -0.3 is 0 Å². The van der Waals surface area contributed by atoms with E-state index in [1.165, 1.54) is 31.3 Å². The van der Waals surface area contributed by atoms with E-state index in [0.29, 0.717) is 17.5 Å². The minimum Gasteiger partial charge on any atom is -0.208 e. The number of hydrogen-bond donors (Lipinski definition) is 0. The molecule has 9 aromatic rings. The van der Waals surface area contributed by atoms with E-state index in [4.69, 9.17) is 15.0 Å². The molecule has 0 unspecified atom stereocenters. The number of rotatable bonds is 6. The lowest BCUT2D eigenvalue weighted by molar-refractivity contribution is 1.07. The lowest BCUT2D eigenvalue weighted by Crippen LogP contribution is -2.00. The summed E-state index contributed by atoms with van der Waals surface area (Å²) in [7, 11) is 0. The van der Waals surface area contributed by atoms with E-state index in [2.05, 4.69) is 152 Å². The molecule has 0 saturated heterocycles. The van der Waals surface area contributed by atoms with Gasteiger partial charge in [-0.3, -0.25) is 0 Å². The van der Waals surface area contributed by atoms with Crippen molar-refractivity contribution in [1.82, 2.24) is 15.0 Å². The van der Waals surface area contributed by atoms with Gasteiger partial charge in [0.15, 0.2) is 17.5 Å². The second-order valence-electron chi connectivity index (χ2n) is 12.1. The van der Waals surface area contributed by atoms with Crippen molar-refractivity contribution in [3.8, 4) is 67.5 Å². The molecule has 49 heavy (non-hydrogen) atoms. The van der Waals surface area contributed by atoms with Gasteiger partial charge in [0, 0.05) is 36.9 Å². The van der Waals surface area contributed by atoms with Gasteiger partial charge in [0.25, 0.3) is 0 Å². The molecule has 2 aromatic heterocycles. The third kappa shape index (κ3) is 5.58. The van der Waals surface area contributed by atoms with Crippen LogP contribution in [-0.4, -0.2) is 15.0 Å². The Morgan fingerprint density at radius 1 is 0.306 bits per heavy atom. The Bertz CT molecular complexity index is 2580. The second-order valence-corrected chi connectivity index (χ2v) is 13.1. The van der Waals surface area contributed by atoms with Gasteiger partial charge in [0.05, 0.1) is 0 Å². The highest BCUT2D eigenvalue weighted by Crippen LogP contribution is 2.42. The first-order valence-corrected chi connectivity index (χ1v) is 17.2. The number of hydrogen-bond acceptors (Lipinski definition) is 4. The van der Waals surface area contributed by atoms with E-state index < -0.39 is 0 Å². The Balaban J connectivity index is 1.25. The molecule has 7 aromatic carbocycles. The number of fused-ring (bicyclic) bond motifs is 3.